The summed E-state index contributed by atoms with van der Waals surface area (Å²) in [6.45, 7) is 0. The molecule has 2 heteroatoms. The molecule has 4 rings (SSSR count). The molecule has 158 valence electrons. The minimum absolute atomic E-state index is 0. The van der Waals surface area contributed by atoms with Gasteiger partial charge in [0.1, 0.15) is 0 Å². The standard InChI is InChI=1S/C18H33P.C8H5.Au/c1-4-10-16(11-5-1)19(17-12-6-2-7-13-17)18-14-8-3-9-15-18;1-2-8-6-4-3-5-7-8;/h16-18H,1-15H2;3-7H;/q;-1;+1. The first kappa shape index (κ1) is 24.2. The third-order valence-corrected chi connectivity index (χ3v) is 11.0. The van der Waals surface area contributed by atoms with Gasteiger partial charge in [-0.15, -0.1) is 17.7 Å². The molecular formula is C26H38AuP. The summed E-state index contributed by atoms with van der Waals surface area (Å²) in [5.74, 6) is 2.28. The molecule has 28 heavy (non-hydrogen) atoms. The van der Waals surface area contributed by atoms with Gasteiger partial charge >= 0.3 is 22.4 Å². The molecule has 1 aromatic carbocycles. The van der Waals surface area contributed by atoms with Gasteiger partial charge in [-0.25, -0.2) is 0 Å². The molecule has 0 saturated heterocycles. The molecule has 0 amide bonds. The van der Waals surface area contributed by atoms with E-state index >= 15 is 0 Å². The van der Waals surface area contributed by atoms with Crippen molar-refractivity contribution in [3.63, 3.8) is 0 Å². The van der Waals surface area contributed by atoms with Crippen LogP contribution < -0.4 is 0 Å². The van der Waals surface area contributed by atoms with E-state index in [1.54, 1.807) is 77.0 Å². The summed E-state index contributed by atoms with van der Waals surface area (Å²) in [5.41, 5.74) is 4.40. The van der Waals surface area contributed by atoms with Gasteiger partial charge in [-0.3, -0.25) is 5.92 Å². The molecule has 3 aliphatic rings. The summed E-state index contributed by atoms with van der Waals surface area (Å²) < 4.78 is 0. The number of rotatable bonds is 3. The quantitative estimate of drug-likeness (QED) is 0.147. The van der Waals surface area contributed by atoms with Crippen molar-refractivity contribution < 1.29 is 22.4 Å². The Morgan fingerprint density at radius 3 is 1.25 bits per heavy atom. The van der Waals surface area contributed by atoms with Crippen molar-refractivity contribution in [1.29, 1.82) is 0 Å². The molecule has 0 aliphatic heterocycles. The first-order valence-electron chi connectivity index (χ1n) is 11.6. The van der Waals surface area contributed by atoms with Crippen LogP contribution in [0.5, 0.6) is 0 Å². The van der Waals surface area contributed by atoms with Gasteiger partial charge in [-0.1, -0.05) is 83.9 Å². The molecule has 0 aromatic heterocycles. The maximum absolute atomic E-state index is 6.69. The van der Waals surface area contributed by atoms with E-state index < -0.39 is 0 Å². The summed E-state index contributed by atoms with van der Waals surface area (Å²) in [4.78, 5) is 0. The van der Waals surface area contributed by atoms with Gasteiger partial charge in [-0.2, -0.15) is 0 Å². The molecule has 3 fully saturated rings. The monoisotopic (exact) mass is 578 g/mol. The van der Waals surface area contributed by atoms with E-state index in [0.717, 1.165) is 5.56 Å². The zero-order chi connectivity index (χ0) is 18.7. The molecule has 0 radical (unpaired) electrons. The summed E-state index contributed by atoms with van der Waals surface area (Å²) in [6, 6.07) is 9.37. The fourth-order valence-electron chi connectivity index (χ4n) is 5.55. The normalized spacial score (nSPS) is 21.9. The van der Waals surface area contributed by atoms with E-state index in [1.807, 2.05) is 30.3 Å². The van der Waals surface area contributed by atoms with Crippen LogP contribution in [-0.2, 0) is 22.4 Å². The minimum Gasteiger partial charge on any atom is -0.366 e. The predicted molar refractivity (Wildman–Crippen MR) is 120 cm³/mol. The number of hydrogen-bond acceptors (Lipinski definition) is 0. The molecule has 0 N–H and O–H groups in total. The van der Waals surface area contributed by atoms with Gasteiger partial charge in [0.15, 0.2) is 0 Å². The van der Waals surface area contributed by atoms with Crippen molar-refractivity contribution in [2.75, 3.05) is 0 Å². The summed E-state index contributed by atoms with van der Waals surface area (Å²) in [7, 11) is 0.385. The number of benzene rings is 1. The second-order valence-corrected chi connectivity index (χ2v) is 11.9. The van der Waals surface area contributed by atoms with E-state index in [-0.39, 0.29) is 22.4 Å². The molecule has 0 spiro atoms. The van der Waals surface area contributed by atoms with Crippen LogP contribution in [0.3, 0.4) is 0 Å². The first-order valence-corrected chi connectivity index (χ1v) is 13.2. The van der Waals surface area contributed by atoms with E-state index in [4.69, 9.17) is 6.42 Å². The van der Waals surface area contributed by atoms with Crippen LogP contribution in [0, 0.1) is 12.3 Å². The molecule has 0 nitrogen and oxygen atoms in total. The molecular weight excluding hydrogens is 540 g/mol. The molecule has 0 bridgehead atoms. The van der Waals surface area contributed by atoms with Crippen LogP contribution in [0.15, 0.2) is 30.3 Å². The van der Waals surface area contributed by atoms with Crippen molar-refractivity contribution in [3.8, 4) is 5.92 Å². The Morgan fingerprint density at radius 1 is 0.607 bits per heavy atom. The van der Waals surface area contributed by atoms with Crippen LogP contribution in [-0.4, -0.2) is 17.0 Å². The molecule has 3 aliphatic carbocycles. The Morgan fingerprint density at radius 2 is 0.964 bits per heavy atom. The average Bonchev–Trinajstić information content (AvgIpc) is 2.77. The summed E-state index contributed by atoms with van der Waals surface area (Å²) in [5, 5.41) is 0. The molecule has 0 atom stereocenters. The molecule has 0 heterocycles. The fraction of sp³-hybridized carbons (Fsp3) is 0.692. The van der Waals surface area contributed by atoms with Gasteiger partial charge in [0.05, 0.1) is 0 Å². The Balaban J connectivity index is 0.000000264. The van der Waals surface area contributed by atoms with Crippen LogP contribution >= 0.6 is 7.92 Å². The van der Waals surface area contributed by atoms with Gasteiger partial charge < -0.3 is 6.42 Å². The van der Waals surface area contributed by atoms with Crippen molar-refractivity contribution in [1.82, 2.24) is 0 Å². The maximum atomic E-state index is 6.69. The number of hydrogen-bond donors (Lipinski definition) is 0. The fourth-order valence-corrected chi connectivity index (χ4v) is 10.2. The zero-order valence-corrected chi connectivity index (χ0v) is 20.5. The average molecular weight is 579 g/mol. The SMILES string of the molecule is C1CCC(P(C2CCCCC2)C2CCCCC2)CC1.[Au+].[C-]#Cc1ccccc1. The third kappa shape index (κ3) is 7.65. The minimum atomic E-state index is 0. The Hall–Kier alpha value is -0.0497. The summed E-state index contributed by atoms with van der Waals surface area (Å²) >= 11 is 0. The van der Waals surface area contributed by atoms with Crippen LogP contribution in [0.4, 0.5) is 0 Å². The van der Waals surface area contributed by atoms with E-state index in [9.17, 15) is 0 Å². The first-order chi connectivity index (χ1) is 13.4. The van der Waals surface area contributed by atoms with Crippen LogP contribution in [0.2, 0.25) is 0 Å². The summed E-state index contributed by atoms with van der Waals surface area (Å²) in [6.07, 6.45) is 30.3. The zero-order valence-electron chi connectivity index (χ0n) is 17.5. The van der Waals surface area contributed by atoms with E-state index in [2.05, 4.69) is 5.92 Å². The van der Waals surface area contributed by atoms with Gasteiger partial charge in [0.25, 0.3) is 0 Å². The van der Waals surface area contributed by atoms with Gasteiger partial charge in [0, 0.05) is 0 Å². The van der Waals surface area contributed by atoms with Crippen molar-refractivity contribution in [2.24, 2.45) is 0 Å². The van der Waals surface area contributed by atoms with Gasteiger partial charge in [-0.05, 0) is 55.5 Å². The third-order valence-electron chi connectivity index (χ3n) is 6.91. The Bertz CT molecular complexity index is 503. The maximum Gasteiger partial charge on any atom is 1.00 e. The smallest absolute Gasteiger partial charge is 0.366 e. The molecule has 3 saturated carbocycles. The Kier molecular flexibility index (Phi) is 12.1. The van der Waals surface area contributed by atoms with Crippen molar-refractivity contribution >= 4 is 7.92 Å². The second kappa shape index (κ2) is 14.0. The second-order valence-electron chi connectivity index (χ2n) is 8.81. The molecule has 1 aromatic rings. The van der Waals surface area contributed by atoms with Crippen LogP contribution in [0.1, 0.15) is 102 Å². The predicted octanol–water partition coefficient (Wildman–Crippen LogP) is 8.09. The van der Waals surface area contributed by atoms with Crippen LogP contribution in [0.25, 0.3) is 0 Å². The molecule has 0 unspecified atom stereocenters. The van der Waals surface area contributed by atoms with Gasteiger partial charge in [0.2, 0.25) is 0 Å². The largest absolute Gasteiger partial charge is 1.00 e. The van der Waals surface area contributed by atoms with E-state index in [0.29, 0.717) is 7.92 Å². The van der Waals surface area contributed by atoms with E-state index in [1.165, 1.54) is 36.2 Å². The Labute approximate surface area is 191 Å². The van der Waals surface area contributed by atoms with Crippen molar-refractivity contribution in [3.05, 3.63) is 42.3 Å². The van der Waals surface area contributed by atoms with Crippen molar-refractivity contribution in [2.45, 2.75) is 113 Å². The topological polar surface area (TPSA) is 0 Å².